The van der Waals surface area contributed by atoms with Gasteiger partial charge in [0.1, 0.15) is 5.78 Å². The minimum absolute atomic E-state index is 0.0429. The molecule has 4 heteroatoms. The van der Waals surface area contributed by atoms with Gasteiger partial charge in [-0.05, 0) is 24.1 Å². The van der Waals surface area contributed by atoms with E-state index >= 15 is 0 Å². The van der Waals surface area contributed by atoms with Gasteiger partial charge in [-0.3, -0.25) is 4.79 Å². The summed E-state index contributed by atoms with van der Waals surface area (Å²) in [5.41, 5.74) is 0.527. The summed E-state index contributed by atoms with van der Waals surface area (Å²) in [4.78, 5) is 11.6. The van der Waals surface area contributed by atoms with E-state index in [0.717, 1.165) is 18.6 Å². The first-order chi connectivity index (χ1) is 8.02. The van der Waals surface area contributed by atoms with Crippen molar-refractivity contribution in [2.75, 3.05) is 5.75 Å². The molecule has 0 aliphatic rings. The minimum Gasteiger partial charge on any atom is -0.298 e. The minimum atomic E-state index is -0.898. The molecule has 17 heavy (non-hydrogen) atoms. The van der Waals surface area contributed by atoms with Gasteiger partial charge in [0.15, 0.2) is 11.6 Å². The number of hydrogen-bond acceptors (Lipinski definition) is 2. The fourth-order valence-electron chi connectivity index (χ4n) is 1.28. The number of carbonyl (C=O) groups is 1. The van der Waals surface area contributed by atoms with E-state index < -0.39 is 11.6 Å². The molecule has 1 atom stereocenters. The molecule has 0 saturated carbocycles. The molecular formula is C13H16F2OS. The van der Waals surface area contributed by atoms with Crippen LogP contribution in [0.1, 0.15) is 25.8 Å². The summed E-state index contributed by atoms with van der Waals surface area (Å²) in [6.07, 6.45) is 1.18. The number of ketones is 1. The van der Waals surface area contributed by atoms with Gasteiger partial charge in [0.25, 0.3) is 0 Å². The van der Waals surface area contributed by atoms with Crippen molar-refractivity contribution in [3.8, 4) is 0 Å². The van der Waals surface area contributed by atoms with Crippen molar-refractivity contribution >= 4 is 17.5 Å². The molecule has 0 fully saturated rings. The topological polar surface area (TPSA) is 17.1 Å². The highest BCUT2D eigenvalue weighted by molar-refractivity contribution is 8.00. The first kappa shape index (κ1) is 14.2. The smallest absolute Gasteiger partial charge is 0.159 e. The number of benzene rings is 1. The molecule has 0 radical (unpaired) electrons. The molecular weight excluding hydrogens is 242 g/mol. The Morgan fingerprint density at radius 2 is 2.06 bits per heavy atom. The normalized spacial score (nSPS) is 12.5. The van der Waals surface area contributed by atoms with Crippen LogP contribution in [-0.2, 0) is 11.2 Å². The maximum Gasteiger partial charge on any atom is 0.159 e. The van der Waals surface area contributed by atoms with Gasteiger partial charge in [0.05, 0.1) is 5.75 Å². The van der Waals surface area contributed by atoms with Crippen LogP contribution in [0.15, 0.2) is 18.2 Å². The van der Waals surface area contributed by atoms with Gasteiger partial charge >= 0.3 is 0 Å². The summed E-state index contributed by atoms with van der Waals surface area (Å²) in [5.74, 6) is -1.31. The van der Waals surface area contributed by atoms with Crippen molar-refractivity contribution in [3.63, 3.8) is 0 Å². The number of rotatable bonds is 6. The molecule has 0 saturated heterocycles. The van der Waals surface area contributed by atoms with Crippen LogP contribution in [0.2, 0.25) is 0 Å². The lowest BCUT2D eigenvalue weighted by molar-refractivity contribution is -0.116. The summed E-state index contributed by atoms with van der Waals surface area (Å²) in [7, 11) is 0. The van der Waals surface area contributed by atoms with E-state index in [1.54, 1.807) is 11.8 Å². The monoisotopic (exact) mass is 258 g/mol. The van der Waals surface area contributed by atoms with Crippen LogP contribution in [0.5, 0.6) is 0 Å². The molecule has 0 amide bonds. The zero-order valence-electron chi connectivity index (χ0n) is 10.0. The first-order valence-corrected chi connectivity index (χ1v) is 6.65. The SMILES string of the molecule is CCC(C)SCC(=O)Cc1ccc(F)c(F)c1. The Balaban J connectivity index is 2.48. The van der Waals surface area contributed by atoms with Crippen molar-refractivity contribution in [3.05, 3.63) is 35.4 Å². The van der Waals surface area contributed by atoms with Crippen LogP contribution in [0.25, 0.3) is 0 Å². The predicted molar refractivity (Wildman–Crippen MR) is 67.3 cm³/mol. The third kappa shape index (κ3) is 4.86. The largest absolute Gasteiger partial charge is 0.298 e. The lowest BCUT2D eigenvalue weighted by atomic mass is 10.1. The molecule has 1 aromatic carbocycles. The number of hydrogen-bond donors (Lipinski definition) is 0. The standard InChI is InChI=1S/C13H16F2OS/c1-3-9(2)17-8-11(16)6-10-4-5-12(14)13(15)7-10/h4-5,7,9H,3,6,8H2,1-2H3. The van der Waals surface area contributed by atoms with Crippen molar-refractivity contribution in [2.24, 2.45) is 0 Å². The molecule has 1 nitrogen and oxygen atoms in total. The van der Waals surface area contributed by atoms with Gasteiger partial charge in [0, 0.05) is 11.7 Å². The number of carbonyl (C=O) groups excluding carboxylic acids is 1. The first-order valence-electron chi connectivity index (χ1n) is 5.60. The lowest BCUT2D eigenvalue weighted by Crippen LogP contribution is -2.09. The highest BCUT2D eigenvalue weighted by Gasteiger charge is 2.09. The van der Waals surface area contributed by atoms with Crippen LogP contribution in [0, 0.1) is 11.6 Å². The molecule has 0 spiro atoms. The molecule has 1 aromatic rings. The Bertz CT molecular complexity index is 393. The summed E-state index contributed by atoms with van der Waals surface area (Å²) >= 11 is 1.59. The van der Waals surface area contributed by atoms with E-state index in [1.165, 1.54) is 6.07 Å². The van der Waals surface area contributed by atoms with E-state index in [1.807, 2.05) is 0 Å². The number of thioether (sulfide) groups is 1. The average Bonchev–Trinajstić information content (AvgIpc) is 2.31. The molecule has 1 rings (SSSR count). The molecule has 0 aliphatic carbocycles. The summed E-state index contributed by atoms with van der Waals surface area (Å²) in [6.45, 7) is 4.13. The fraction of sp³-hybridized carbons (Fsp3) is 0.462. The Morgan fingerprint density at radius 3 is 2.65 bits per heavy atom. The van der Waals surface area contributed by atoms with E-state index in [9.17, 15) is 13.6 Å². The van der Waals surface area contributed by atoms with Crippen LogP contribution < -0.4 is 0 Å². The van der Waals surface area contributed by atoms with Crippen LogP contribution in [0.3, 0.4) is 0 Å². The van der Waals surface area contributed by atoms with Crippen molar-refractivity contribution in [2.45, 2.75) is 31.9 Å². The zero-order chi connectivity index (χ0) is 12.8. The maximum absolute atomic E-state index is 12.9. The average molecular weight is 258 g/mol. The van der Waals surface area contributed by atoms with E-state index in [-0.39, 0.29) is 12.2 Å². The van der Waals surface area contributed by atoms with Crippen LogP contribution in [-0.4, -0.2) is 16.8 Å². The molecule has 0 aliphatic heterocycles. The van der Waals surface area contributed by atoms with Crippen molar-refractivity contribution in [1.82, 2.24) is 0 Å². The van der Waals surface area contributed by atoms with Crippen LogP contribution in [0.4, 0.5) is 8.78 Å². The molecule has 0 aromatic heterocycles. The third-order valence-corrected chi connectivity index (χ3v) is 3.88. The Kier molecular flexibility index (Phi) is 5.62. The van der Waals surface area contributed by atoms with E-state index in [0.29, 0.717) is 16.6 Å². The highest BCUT2D eigenvalue weighted by Crippen LogP contribution is 2.15. The Labute approximate surface area is 105 Å². The fourth-order valence-corrected chi connectivity index (χ4v) is 2.09. The van der Waals surface area contributed by atoms with Gasteiger partial charge in [0.2, 0.25) is 0 Å². The summed E-state index contributed by atoms with van der Waals surface area (Å²) in [5, 5.41) is 0.448. The Hall–Kier alpha value is -0.900. The second-order valence-corrected chi connectivity index (χ2v) is 5.42. The van der Waals surface area contributed by atoms with Gasteiger partial charge in [-0.2, -0.15) is 11.8 Å². The molecule has 1 unspecified atom stereocenters. The van der Waals surface area contributed by atoms with Gasteiger partial charge in [-0.15, -0.1) is 0 Å². The third-order valence-electron chi connectivity index (χ3n) is 2.49. The van der Waals surface area contributed by atoms with Crippen molar-refractivity contribution < 1.29 is 13.6 Å². The van der Waals surface area contributed by atoms with Gasteiger partial charge in [-0.25, -0.2) is 8.78 Å². The second-order valence-electron chi connectivity index (χ2n) is 3.99. The lowest BCUT2D eigenvalue weighted by Gasteiger charge is -2.07. The quantitative estimate of drug-likeness (QED) is 0.775. The molecule has 0 heterocycles. The van der Waals surface area contributed by atoms with E-state index in [2.05, 4.69) is 13.8 Å². The summed E-state index contributed by atoms with van der Waals surface area (Å²) in [6, 6.07) is 3.59. The maximum atomic E-state index is 12.9. The summed E-state index contributed by atoms with van der Waals surface area (Å²) < 4.78 is 25.6. The zero-order valence-corrected chi connectivity index (χ0v) is 10.8. The molecule has 0 bridgehead atoms. The molecule has 0 N–H and O–H groups in total. The van der Waals surface area contributed by atoms with Gasteiger partial charge < -0.3 is 0 Å². The number of halogens is 2. The van der Waals surface area contributed by atoms with Gasteiger partial charge in [-0.1, -0.05) is 19.9 Å². The highest BCUT2D eigenvalue weighted by atomic mass is 32.2. The van der Waals surface area contributed by atoms with E-state index in [4.69, 9.17) is 0 Å². The number of Topliss-reactive ketones (excluding diaryl/α,β-unsaturated/α-hetero) is 1. The van der Waals surface area contributed by atoms with Crippen LogP contribution >= 0.6 is 11.8 Å². The second kappa shape index (κ2) is 6.74. The Morgan fingerprint density at radius 1 is 1.35 bits per heavy atom. The van der Waals surface area contributed by atoms with Crippen molar-refractivity contribution in [1.29, 1.82) is 0 Å². The molecule has 94 valence electrons. The predicted octanol–water partition coefficient (Wildman–Crippen LogP) is 3.61.